The molecule has 0 amide bonds. The van der Waals surface area contributed by atoms with Gasteiger partial charge in [0.2, 0.25) is 0 Å². The van der Waals surface area contributed by atoms with Gasteiger partial charge in [0.25, 0.3) is 0 Å². The fourth-order valence-corrected chi connectivity index (χ4v) is 4.88. The van der Waals surface area contributed by atoms with Crippen LogP contribution in [0.1, 0.15) is 62.9 Å². The summed E-state index contributed by atoms with van der Waals surface area (Å²) >= 11 is 6.20. The number of rotatable bonds is 9. The highest BCUT2D eigenvalue weighted by Crippen LogP contribution is 2.34. The van der Waals surface area contributed by atoms with Gasteiger partial charge in [-0.25, -0.2) is 4.39 Å². The molecule has 0 aliphatic rings. The van der Waals surface area contributed by atoms with Gasteiger partial charge in [-0.1, -0.05) is 54.1 Å². The van der Waals surface area contributed by atoms with E-state index in [1.54, 1.807) is 6.07 Å². The fraction of sp³-hybridized carbons (Fsp3) is 0.281. The lowest BCUT2D eigenvalue weighted by Crippen LogP contribution is -2.22. The minimum atomic E-state index is -0.319. The van der Waals surface area contributed by atoms with Crippen LogP contribution in [0.2, 0.25) is 5.02 Å². The van der Waals surface area contributed by atoms with Gasteiger partial charge in [0.1, 0.15) is 5.82 Å². The van der Waals surface area contributed by atoms with Gasteiger partial charge in [-0.2, -0.15) is 0 Å². The molecule has 1 unspecified atom stereocenters. The molecule has 4 rings (SSSR count). The molecule has 1 N–H and O–H groups in total. The highest BCUT2D eigenvalue weighted by molar-refractivity contribution is 6.30. The van der Waals surface area contributed by atoms with E-state index in [1.807, 2.05) is 50.2 Å². The number of carbonyl (C=O) groups excluding carboxylic acids is 1. The Morgan fingerprint density at radius 1 is 0.892 bits per heavy atom. The summed E-state index contributed by atoms with van der Waals surface area (Å²) in [6, 6.07) is 25.5. The van der Waals surface area contributed by atoms with Crippen LogP contribution in [0.4, 0.5) is 4.39 Å². The number of benzene rings is 4. The Kier molecular flexibility index (Phi) is 8.63. The Morgan fingerprint density at radius 2 is 1.65 bits per heavy atom. The SMILES string of the molecule is CC(C)OC(=O)CCc1cc(F)cc(-c2cc(C(C)N[C@H](C)c3cccc(Cl)c3)cc3ccccc23)c1. The molecule has 0 aliphatic heterocycles. The number of hydrogen-bond donors (Lipinski definition) is 1. The Balaban J connectivity index is 1.66. The second-order valence-corrected chi connectivity index (χ2v) is 10.3. The smallest absolute Gasteiger partial charge is 0.306 e. The molecule has 5 heteroatoms. The first-order valence-electron chi connectivity index (χ1n) is 12.7. The van der Waals surface area contributed by atoms with E-state index < -0.39 is 0 Å². The van der Waals surface area contributed by atoms with E-state index in [1.165, 1.54) is 6.07 Å². The van der Waals surface area contributed by atoms with Crippen LogP contribution in [-0.2, 0) is 16.0 Å². The van der Waals surface area contributed by atoms with Crippen molar-refractivity contribution in [3.63, 3.8) is 0 Å². The quantitative estimate of drug-likeness (QED) is 0.226. The zero-order valence-electron chi connectivity index (χ0n) is 21.7. The van der Waals surface area contributed by atoms with Crippen LogP contribution >= 0.6 is 11.6 Å². The van der Waals surface area contributed by atoms with Crippen molar-refractivity contribution in [2.75, 3.05) is 0 Å². The predicted molar refractivity (Wildman–Crippen MR) is 150 cm³/mol. The Hall–Kier alpha value is -3.21. The summed E-state index contributed by atoms with van der Waals surface area (Å²) in [6.45, 7) is 7.89. The molecule has 4 aromatic carbocycles. The fourth-order valence-electron chi connectivity index (χ4n) is 4.68. The van der Waals surface area contributed by atoms with Crippen LogP contribution in [0, 0.1) is 5.82 Å². The number of esters is 1. The molecule has 0 spiro atoms. The number of fused-ring (bicyclic) bond motifs is 1. The molecule has 0 bridgehead atoms. The molecule has 4 aromatic rings. The van der Waals surface area contributed by atoms with E-state index in [0.717, 1.165) is 38.6 Å². The molecule has 0 saturated heterocycles. The molecule has 0 fully saturated rings. The van der Waals surface area contributed by atoms with Crippen LogP contribution in [-0.4, -0.2) is 12.1 Å². The number of ether oxygens (including phenoxy) is 1. The lowest BCUT2D eigenvalue weighted by Gasteiger charge is -2.22. The molecule has 192 valence electrons. The second-order valence-electron chi connectivity index (χ2n) is 9.84. The summed E-state index contributed by atoms with van der Waals surface area (Å²) in [7, 11) is 0. The van der Waals surface area contributed by atoms with E-state index in [9.17, 15) is 9.18 Å². The summed E-state index contributed by atoms with van der Waals surface area (Å²) in [6.07, 6.45) is 0.467. The average Bonchev–Trinajstić information content (AvgIpc) is 2.86. The summed E-state index contributed by atoms with van der Waals surface area (Å²) in [5.41, 5.74) is 4.74. The van der Waals surface area contributed by atoms with Gasteiger partial charge >= 0.3 is 5.97 Å². The minimum Gasteiger partial charge on any atom is -0.463 e. The van der Waals surface area contributed by atoms with Gasteiger partial charge in [0, 0.05) is 23.5 Å². The van der Waals surface area contributed by atoms with Crippen molar-refractivity contribution in [3.05, 3.63) is 106 Å². The number of nitrogens with one attached hydrogen (secondary N) is 1. The van der Waals surface area contributed by atoms with Gasteiger partial charge in [-0.05, 0) is 109 Å². The Bertz CT molecular complexity index is 1400. The molecular weight excluding hydrogens is 485 g/mol. The van der Waals surface area contributed by atoms with Crippen LogP contribution in [0.3, 0.4) is 0 Å². The minimum absolute atomic E-state index is 0.0381. The number of carbonyl (C=O) groups is 1. The monoisotopic (exact) mass is 517 g/mol. The number of aryl methyl sites for hydroxylation is 1. The molecular formula is C32H33ClFNO2. The Morgan fingerprint density at radius 3 is 2.41 bits per heavy atom. The third kappa shape index (κ3) is 6.97. The van der Waals surface area contributed by atoms with Crippen LogP contribution in [0.25, 0.3) is 21.9 Å². The van der Waals surface area contributed by atoms with Crippen LogP contribution in [0.15, 0.2) is 78.9 Å². The normalized spacial score (nSPS) is 13.1. The van der Waals surface area contributed by atoms with Crippen LogP contribution < -0.4 is 5.32 Å². The van der Waals surface area contributed by atoms with Gasteiger partial charge in [-0.3, -0.25) is 4.79 Å². The first kappa shape index (κ1) is 26.8. The van der Waals surface area contributed by atoms with Crippen molar-refractivity contribution in [1.82, 2.24) is 5.32 Å². The van der Waals surface area contributed by atoms with Gasteiger partial charge < -0.3 is 10.1 Å². The summed E-state index contributed by atoms with van der Waals surface area (Å²) in [5.74, 6) is -0.595. The van der Waals surface area contributed by atoms with Gasteiger partial charge in [-0.15, -0.1) is 0 Å². The first-order chi connectivity index (χ1) is 17.7. The van der Waals surface area contributed by atoms with Gasteiger partial charge in [0.15, 0.2) is 0 Å². The summed E-state index contributed by atoms with van der Waals surface area (Å²) in [4.78, 5) is 12.0. The number of halogens is 2. The lowest BCUT2D eigenvalue weighted by molar-refractivity contribution is -0.147. The Labute approximate surface area is 223 Å². The molecule has 0 aromatic heterocycles. The third-order valence-electron chi connectivity index (χ3n) is 6.49. The molecule has 0 aliphatic carbocycles. The molecule has 0 radical (unpaired) electrons. The van der Waals surface area contributed by atoms with Crippen molar-refractivity contribution in [1.29, 1.82) is 0 Å². The predicted octanol–water partition coefficient (Wildman–Crippen LogP) is 8.60. The zero-order chi connectivity index (χ0) is 26.5. The summed E-state index contributed by atoms with van der Waals surface area (Å²) in [5, 5.41) is 6.53. The van der Waals surface area contributed by atoms with Crippen molar-refractivity contribution in [2.24, 2.45) is 0 Å². The average molecular weight is 518 g/mol. The van der Waals surface area contributed by atoms with E-state index in [2.05, 4.69) is 49.5 Å². The standard InChI is InChI=1S/C32H33ClFNO2/c1-20(2)37-32(36)13-12-23-14-27(18-29(34)15-23)31-19-26(16-25-8-5-6-11-30(25)31)22(4)35-21(3)24-9-7-10-28(33)17-24/h5-11,14-22,35H,12-13H2,1-4H3/t21-,22?/m1/s1. The molecule has 3 nitrogen and oxygen atoms in total. The van der Waals surface area contributed by atoms with Crippen molar-refractivity contribution < 1.29 is 13.9 Å². The maximum absolute atomic E-state index is 14.8. The van der Waals surface area contributed by atoms with E-state index in [4.69, 9.17) is 16.3 Å². The first-order valence-corrected chi connectivity index (χ1v) is 13.1. The summed E-state index contributed by atoms with van der Waals surface area (Å²) < 4.78 is 20.0. The number of hydrogen-bond acceptors (Lipinski definition) is 3. The lowest BCUT2D eigenvalue weighted by atomic mass is 9.92. The third-order valence-corrected chi connectivity index (χ3v) is 6.72. The van der Waals surface area contributed by atoms with Crippen molar-refractivity contribution >= 4 is 28.3 Å². The highest BCUT2D eigenvalue weighted by atomic mass is 35.5. The van der Waals surface area contributed by atoms with Crippen molar-refractivity contribution in [2.45, 2.75) is 58.7 Å². The highest BCUT2D eigenvalue weighted by Gasteiger charge is 2.16. The second kappa shape index (κ2) is 11.9. The van der Waals surface area contributed by atoms with Crippen LogP contribution in [0.5, 0.6) is 0 Å². The molecule has 0 heterocycles. The molecule has 37 heavy (non-hydrogen) atoms. The van der Waals surface area contributed by atoms with Gasteiger partial charge in [0.05, 0.1) is 6.10 Å². The van der Waals surface area contributed by atoms with E-state index in [-0.39, 0.29) is 36.4 Å². The largest absolute Gasteiger partial charge is 0.463 e. The molecule has 0 saturated carbocycles. The molecule has 2 atom stereocenters. The topological polar surface area (TPSA) is 38.3 Å². The maximum atomic E-state index is 14.8. The maximum Gasteiger partial charge on any atom is 0.306 e. The van der Waals surface area contributed by atoms with Crippen molar-refractivity contribution in [3.8, 4) is 11.1 Å². The van der Waals surface area contributed by atoms with E-state index in [0.29, 0.717) is 11.4 Å². The zero-order valence-corrected chi connectivity index (χ0v) is 22.5. The van der Waals surface area contributed by atoms with E-state index >= 15 is 0 Å².